The summed E-state index contributed by atoms with van der Waals surface area (Å²) >= 11 is 0. The molecule has 1 aromatic rings. The lowest BCUT2D eigenvalue weighted by Crippen LogP contribution is -2.39. The van der Waals surface area contributed by atoms with Gasteiger partial charge in [0, 0.05) is 6.54 Å². The lowest BCUT2D eigenvalue weighted by atomic mass is 9.97. The van der Waals surface area contributed by atoms with Gasteiger partial charge in [0.15, 0.2) is 0 Å². The zero-order chi connectivity index (χ0) is 15.5. The summed E-state index contributed by atoms with van der Waals surface area (Å²) in [6.45, 7) is 4.57. The summed E-state index contributed by atoms with van der Waals surface area (Å²) in [6, 6.07) is 7.13. The number of hydrogen-bond donors (Lipinski definition) is 2. The maximum atomic E-state index is 12.6. The Labute approximate surface area is 131 Å². The molecule has 1 unspecified atom stereocenters. The Kier molecular flexibility index (Phi) is 4.43. The van der Waals surface area contributed by atoms with Crippen LogP contribution >= 0.6 is 0 Å². The number of carbonyl (C=O) groups is 2. The van der Waals surface area contributed by atoms with E-state index in [9.17, 15) is 9.59 Å². The van der Waals surface area contributed by atoms with E-state index in [0.717, 1.165) is 37.9 Å². The van der Waals surface area contributed by atoms with Crippen molar-refractivity contribution >= 4 is 11.9 Å². The second kappa shape index (κ2) is 6.48. The van der Waals surface area contributed by atoms with Gasteiger partial charge in [-0.1, -0.05) is 31.2 Å². The minimum Gasteiger partial charge on any atom is -0.322 e. The van der Waals surface area contributed by atoms with E-state index in [2.05, 4.69) is 17.6 Å². The predicted octanol–water partition coefficient (Wildman–Crippen LogP) is 1.84. The molecule has 3 rings (SSSR count). The summed E-state index contributed by atoms with van der Waals surface area (Å²) < 4.78 is 0. The van der Waals surface area contributed by atoms with Crippen LogP contribution in [0.4, 0.5) is 4.79 Å². The van der Waals surface area contributed by atoms with Crippen LogP contribution in [0, 0.1) is 5.92 Å². The van der Waals surface area contributed by atoms with Crippen molar-refractivity contribution in [2.75, 3.05) is 19.6 Å². The lowest BCUT2D eigenvalue weighted by Gasteiger charge is -2.25. The molecule has 2 aliphatic rings. The monoisotopic (exact) mass is 301 g/mol. The molecule has 0 radical (unpaired) electrons. The van der Waals surface area contributed by atoms with Crippen LogP contribution in [-0.2, 0) is 11.2 Å². The molecule has 2 aliphatic heterocycles. The second-order valence-corrected chi connectivity index (χ2v) is 6.12. The number of carbonyl (C=O) groups excluding carboxylic acids is 2. The first kappa shape index (κ1) is 15.0. The topological polar surface area (TPSA) is 61.4 Å². The van der Waals surface area contributed by atoms with Crippen molar-refractivity contribution in [2.45, 2.75) is 32.2 Å². The molecule has 2 fully saturated rings. The van der Waals surface area contributed by atoms with Gasteiger partial charge in [-0.15, -0.1) is 0 Å². The maximum Gasteiger partial charge on any atom is 0.325 e. The fraction of sp³-hybridized carbons (Fsp3) is 0.529. The summed E-state index contributed by atoms with van der Waals surface area (Å²) in [4.78, 5) is 26.1. The summed E-state index contributed by atoms with van der Waals surface area (Å²) in [5.41, 5.74) is 2.09. The van der Waals surface area contributed by atoms with Gasteiger partial charge < -0.3 is 10.6 Å². The number of nitrogens with one attached hydrogen (secondary N) is 2. The number of imide groups is 1. The third kappa shape index (κ3) is 2.99. The Balaban J connectivity index is 1.69. The average Bonchev–Trinajstić information content (AvgIpc) is 2.84. The van der Waals surface area contributed by atoms with Crippen molar-refractivity contribution in [3.8, 4) is 0 Å². The smallest absolute Gasteiger partial charge is 0.322 e. The Hall–Kier alpha value is -1.88. The maximum absolute atomic E-state index is 12.6. The molecule has 0 bridgehead atoms. The highest BCUT2D eigenvalue weighted by Crippen LogP contribution is 2.24. The molecule has 3 amide bonds. The summed E-state index contributed by atoms with van der Waals surface area (Å²) in [5, 5.41) is 6.12. The van der Waals surface area contributed by atoms with E-state index in [4.69, 9.17) is 0 Å². The number of rotatable bonds is 4. The van der Waals surface area contributed by atoms with Gasteiger partial charge in [-0.2, -0.15) is 0 Å². The third-order valence-corrected chi connectivity index (χ3v) is 4.65. The van der Waals surface area contributed by atoms with E-state index in [-0.39, 0.29) is 11.9 Å². The molecule has 5 heteroatoms. The summed E-state index contributed by atoms with van der Waals surface area (Å²) in [6.07, 6.45) is 3.01. The molecule has 0 spiro atoms. The van der Waals surface area contributed by atoms with E-state index in [1.807, 2.05) is 24.3 Å². The Morgan fingerprint density at radius 1 is 1.14 bits per heavy atom. The molecule has 1 atom stereocenters. The first-order valence-electron chi connectivity index (χ1n) is 8.10. The summed E-state index contributed by atoms with van der Waals surface area (Å²) in [5.74, 6) is 0.296. The quantitative estimate of drug-likeness (QED) is 0.834. The van der Waals surface area contributed by atoms with E-state index < -0.39 is 6.04 Å². The summed E-state index contributed by atoms with van der Waals surface area (Å²) in [7, 11) is 0. The largest absolute Gasteiger partial charge is 0.325 e. The van der Waals surface area contributed by atoms with E-state index >= 15 is 0 Å². The van der Waals surface area contributed by atoms with Crippen LogP contribution in [-0.4, -0.2) is 36.5 Å². The van der Waals surface area contributed by atoms with Crippen LogP contribution < -0.4 is 10.6 Å². The highest BCUT2D eigenvalue weighted by Gasteiger charge is 2.39. The van der Waals surface area contributed by atoms with Gasteiger partial charge in [0.1, 0.15) is 6.04 Å². The Morgan fingerprint density at radius 2 is 1.82 bits per heavy atom. The number of aryl methyl sites for hydroxylation is 1. The number of hydrogen-bond acceptors (Lipinski definition) is 3. The van der Waals surface area contributed by atoms with Crippen molar-refractivity contribution < 1.29 is 9.59 Å². The van der Waals surface area contributed by atoms with Gasteiger partial charge in [0.25, 0.3) is 5.91 Å². The first-order chi connectivity index (χ1) is 10.7. The molecule has 1 aromatic carbocycles. The molecule has 0 aliphatic carbocycles. The van der Waals surface area contributed by atoms with Crippen molar-refractivity contribution in [2.24, 2.45) is 5.92 Å². The van der Waals surface area contributed by atoms with Crippen LogP contribution in [0.5, 0.6) is 0 Å². The van der Waals surface area contributed by atoms with Crippen molar-refractivity contribution in [1.29, 1.82) is 0 Å². The molecular weight excluding hydrogens is 278 g/mol. The molecular formula is C17H23N3O2. The average molecular weight is 301 g/mol. The van der Waals surface area contributed by atoms with Crippen molar-refractivity contribution in [1.82, 2.24) is 15.5 Å². The van der Waals surface area contributed by atoms with Gasteiger partial charge in [-0.25, -0.2) is 4.79 Å². The number of benzene rings is 1. The standard InChI is InChI=1S/C17H23N3O2/c1-2-12-3-5-14(6-4-12)15-16(21)20(17(22)19-15)11-13-7-9-18-10-8-13/h3-6,13,15,18H,2,7-11H2,1H3,(H,19,22). The molecule has 5 nitrogen and oxygen atoms in total. The lowest BCUT2D eigenvalue weighted by molar-refractivity contribution is -0.128. The van der Waals surface area contributed by atoms with E-state index in [1.165, 1.54) is 10.5 Å². The fourth-order valence-electron chi connectivity index (χ4n) is 3.19. The number of piperidine rings is 1. The normalized spacial score (nSPS) is 23.0. The molecule has 0 saturated carbocycles. The van der Waals surface area contributed by atoms with Crippen LogP contribution in [0.2, 0.25) is 0 Å². The molecule has 2 saturated heterocycles. The van der Waals surface area contributed by atoms with Gasteiger partial charge in [-0.3, -0.25) is 9.69 Å². The highest BCUT2D eigenvalue weighted by molar-refractivity contribution is 6.04. The zero-order valence-corrected chi connectivity index (χ0v) is 13.0. The number of amides is 3. The Morgan fingerprint density at radius 3 is 2.45 bits per heavy atom. The molecule has 2 heterocycles. The predicted molar refractivity (Wildman–Crippen MR) is 84.4 cm³/mol. The minimum atomic E-state index is -0.528. The first-order valence-corrected chi connectivity index (χ1v) is 8.10. The van der Waals surface area contributed by atoms with Gasteiger partial charge in [0.2, 0.25) is 0 Å². The van der Waals surface area contributed by atoms with Crippen LogP contribution in [0.15, 0.2) is 24.3 Å². The number of nitrogens with zero attached hydrogens (tertiary/aromatic N) is 1. The van der Waals surface area contributed by atoms with E-state index in [0.29, 0.717) is 12.5 Å². The second-order valence-electron chi connectivity index (χ2n) is 6.12. The Bertz CT molecular complexity index is 550. The van der Waals surface area contributed by atoms with Gasteiger partial charge in [-0.05, 0) is 49.4 Å². The van der Waals surface area contributed by atoms with Gasteiger partial charge in [0.05, 0.1) is 0 Å². The fourth-order valence-corrected chi connectivity index (χ4v) is 3.19. The SMILES string of the molecule is CCc1ccc(C2NC(=O)N(CC3CCNCC3)C2=O)cc1. The molecule has 2 N–H and O–H groups in total. The van der Waals surface area contributed by atoms with Crippen LogP contribution in [0.1, 0.15) is 36.9 Å². The molecule has 118 valence electrons. The molecule has 22 heavy (non-hydrogen) atoms. The van der Waals surface area contributed by atoms with Crippen molar-refractivity contribution in [3.63, 3.8) is 0 Å². The number of urea groups is 1. The molecule has 0 aromatic heterocycles. The van der Waals surface area contributed by atoms with Crippen LogP contribution in [0.3, 0.4) is 0 Å². The minimum absolute atomic E-state index is 0.118. The zero-order valence-electron chi connectivity index (χ0n) is 13.0. The van der Waals surface area contributed by atoms with Crippen molar-refractivity contribution in [3.05, 3.63) is 35.4 Å². The highest BCUT2D eigenvalue weighted by atomic mass is 16.2. The van der Waals surface area contributed by atoms with Gasteiger partial charge >= 0.3 is 6.03 Å². The van der Waals surface area contributed by atoms with Crippen LogP contribution in [0.25, 0.3) is 0 Å². The third-order valence-electron chi connectivity index (χ3n) is 4.65. The van der Waals surface area contributed by atoms with E-state index in [1.54, 1.807) is 0 Å².